The van der Waals surface area contributed by atoms with Gasteiger partial charge in [0.1, 0.15) is 12.1 Å². The number of methoxy groups -OCH3 is 1. The van der Waals surface area contributed by atoms with Crippen molar-refractivity contribution in [3.8, 4) is 0 Å². The Kier molecular flexibility index (Phi) is 6.40. The number of aromatic nitrogens is 2. The summed E-state index contributed by atoms with van der Waals surface area (Å²) in [5, 5.41) is 3.58. The molecule has 0 radical (unpaired) electrons. The SMILES string of the molecule is COCc1cc(NCC2(CN3CCOCC3)CCCCC2)ncn1. The van der Waals surface area contributed by atoms with Crippen LogP contribution in [0.4, 0.5) is 5.82 Å². The Bertz CT molecular complexity index is 500. The summed E-state index contributed by atoms with van der Waals surface area (Å²) in [6, 6.07) is 1.99. The van der Waals surface area contributed by atoms with Crippen LogP contribution in [-0.4, -0.2) is 61.4 Å². The molecule has 6 heteroatoms. The lowest BCUT2D eigenvalue weighted by atomic mass is 9.73. The van der Waals surface area contributed by atoms with Crippen LogP contribution < -0.4 is 5.32 Å². The van der Waals surface area contributed by atoms with E-state index in [1.165, 1.54) is 38.6 Å². The highest BCUT2D eigenvalue weighted by atomic mass is 16.5. The summed E-state index contributed by atoms with van der Waals surface area (Å²) in [5.41, 5.74) is 1.27. The predicted octanol–water partition coefficient (Wildman–Crippen LogP) is 2.32. The number of rotatable bonds is 7. The molecule has 0 spiro atoms. The van der Waals surface area contributed by atoms with Crippen molar-refractivity contribution in [2.24, 2.45) is 5.41 Å². The second-order valence-corrected chi connectivity index (χ2v) is 7.13. The molecule has 1 saturated carbocycles. The van der Waals surface area contributed by atoms with Crippen molar-refractivity contribution in [1.29, 1.82) is 0 Å². The van der Waals surface area contributed by atoms with Gasteiger partial charge in [0.05, 0.1) is 25.5 Å². The van der Waals surface area contributed by atoms with Gasteiger partial charge in [-0.25, -0.2) is 9.97 Å². The van der Waals surface area contributed by atoms with Crippen LogP contribution >= 0.6 is 0 Å². The van der Waals surface area contributed by atoms with Gasteiger partial charge in [-0.3, -0.25) is 4.90 Å². The van der Waals surface area contributed by atoms with Crippen LogP contribution in [0.1, 0.15) is 37.8 Å². The van der Waals surface area contributed by atoms with E-state index in [9.17, 15) is 0 Å². The molecular formula is C18H30N4O2. The quantitative estimate of drug-likeness (QED) is 0.826. The Labute approximate surface area is 145 Å². The smallest absolute Gasteiger partial charge is 0.129 e. The van der Waals surface area contributed by atoms with Gasteiger partial charge < -0.3 is 14.8 Å². The summed E-state index contributed by atoms with van der Waals surface area (Å²) in [4.78, 5) is 11.2. The Balaban J connectivity index is 1.62. The Morgan fingerprint density at radius 2 is 2.00 bits per heavy atom. The second kappa shape index (κ2) is 8.74. The molecule has 0 bridgehead atoms. The highest BCUT2D eigenvalue weighted by molar-refractivity contribution is 5.35. The number of morpholine rings is 1. The fourth-order valence-corrected chi connectivity index (χ4v) is 3.93. The average Bonchev–Trinajstić information content (AvgIpc) is 2.62. The molecule has 1 aromatic rings. The van der Waals surface area contributed by atoms with Crippen LogP contribution in [0.3, 0.4) is 0 Å². The standard InChI is InChI=1S/C18H30N4O2/c1-23-12-16-11-17(21-15-20-16)19-13-18(5-3-2-4-6-18)14-22-7-9-24-10-8-22/h11,15H,2-10,12-14H2,1H3,(H,19,20,21). The topological polar surface area (TPSA) is 59.5 Å². The molecule has 1 aliphatic carbocycles. The molecule has 2 aliphatic rings. The largest absolute Gasteiger partial charge is 0.379 e. The van der Waals surface area contributed by atoms with Gasteiger partial charge >= 0.3 is 0 Å². The van der Waals surface area contributed by atoms with Gasteiger partial charge in [0, 0.05) is 44.8 Å². The fourth-order valence-electron chi connectivity index (χ4n) is 3.93. The molecule has 1 aliphatic heterocycles. The zero-order valence-corrected chi connectivity index (χ0v) is 14.8. The van der Waals surface area contributed by atoms with E-state index in [-0.39, 0.29) is 0 Å². The fraction of sp³-hybridized carbons (Fsp3) is 0.778. The van der Waals surface area contributed by atoms with E-state index in [2.05, 4.69) is 20.2 Å². The van der Waals surface area contributed by atoms with E-state index < -0.39 is 0 Å². The third-order valence-corrected chi connectivity index (χ3v) is 5.24. The lowest BCUT2D eigenvalue weighted by molar-refractivity contribution is 0.0102. The molecule has 0 unspecified atom stereocenters. The number of anilines is 1. The van der Waals surface area contributed by atoms with Gasteiger partial charge in [0.2, 0.25) is 0 Å². The molecule has 0 atom stereocenters. The average molecular weight is 334 g/mol. The third-order valence-electron chi connectivity index (χ3n) is 5.24. The third kappa shape index (κ3) is 4.88. The normalized spacial score (nSPS) is 21.5. The Morgan fingerprint density at radius 1 is 1.21 bits per heavy atom. The van der Waals surface area contributed by atoms with Crippen molar-refractivity contribution in [1.82, 2.24) is 14.9 Å². The van der Waals surface area contributed by atoms with E-state index >= 15 is 0 Å². The number of hydrogen-bond donors (Lipinski definition) is 1. The maximum Gasteiger partial charge on any atom is 0.129 e. The van der Waals surface area contributed by atoms with Crippen molar-refractivity contribution in [2.75, 3.05) is 51.8 Å². The maximum atomic E-state index is 5.50. The molecule has 6 nitrogen and oxygen atoms in total. The summed E-state index contributed by atoms with van der Waals surface area (Å²) < 4.78 is 10.7. The number of ether oxygens (including phenoxy) is 2. The lowest BCUT2D eigenvalue weighted by Crippen LogP contribution is -2.47. The molecule has 1 N–H and O–H groups in total. The van der Waals surface area contributed by atoms with Crippen molar-refractivity contribution < 1.29 is 9.47 Å². The van der Waals surface area contributed by atoms with E-state index in [1.807, 2.05) is 6.07 Å². The van der Waals surface area contributed by atoms with Gasteiger partial charge in [-0.05, 0) is 12.8 Å². The maximum absolute atomic E-state index is 5.50. The van der Waals surface area contributed by atoms with Crippen LogP contribution in [-0.2, 0) is 16.1 Å². The van der Waals surface area contributed by atoms with Crippen LogP contribution in [0.15, 0.2) is 12.4 Å². The first-order chi connectivity index (χ1) is 11.8. The van der Waals surface area contributed by atoms with E-state index in [0.717, 1.165) is 44.4 Å². The molecule has 0 aromatic carbocycles. The Morgan fingerprint density at radius 3 is 2.75 bits per heavy atom. The number of hydrogen-bond acceptors (Lipinski definition) is 6. The minimum atomic E-state index is 0.349. The highest BCUT2D eigenvalue weighted by Gasteiger charge is 2.34. The van der Waals surface area contributed by atoms with Crippen LogP contribution in [0.2, 0.25) is 0 Å². The van der Waals surface area contributed by atoms with E-state index in [1.54, 1.807) is 13.4 Å². The number of nitrogens with one attached hydrogen (secondary N) is 1. The first-order valence-electron chi connectivity index (χ1n) is 9.14. The minimum absolute atomic E-state index is 0.349. The molecule has 1 saturated heterocycles. The van der Waals surface area contributed by atoms with Crippen molar-refractivity contribution >= 4 is 5.82 Å². The van der Waals surface area contributed by atoms with E-state index in [4.69, 9.17) is 9.47 Å². The van der Waals surface area contributed by atoms with Crippen molar-refractivity contribution in [2.45, 2.75) is 38.7 Å². The van der Waals surface area contributed by atoms with Crippen LogP contribution in [0, 0.1) is 5.41 Å². The van der Waals surface area contributed by atoms with Gasteiger partial charge in [0.25, 0.3) is 0 Å². The Hall–Kier alpha value is -1.24. The summed E-state index contributed by atoms with van der Waals surface area (Å²) in [5.74, 6) is 0.906. The van der Waals surface area contributed by atoms with Gasteiger partial charge in [-0.2, -0.15) is 0 Å². The van der Waals surface area contributed by atoms with Crippen molar-refractivity contribution in [3.05, 3.63) is 18.1 Å². The lowest BCUT2D eigenvalue weighted by Gasteiger charge is -2.42. The number of nitrogens with zero attached hydrogens (tertiary/aromatic N) is 3. The minimum Gasteiger partial charge on any atom is -0.379 e. The highest BCUT2D eigenvalue weighted by Crippen LogP contribution is 2.37. The summed E-state index contributed by atoms with van der Waals surface area (Å²) in [6.07, 6.45) is 8.26. The van der Waals surface area contributed by atoms with Crippen LogP contribution in [0.5, 0.6) is 0 Å². The molecule has 2 fully saturated rings. The summed E-state index contributed by atoms with van der Waals surface area (Å²) in [7, 11) is 1.69. The van der Waals surface area contributed by atoms with Gasteiger partial charge in [0.15, 0.2) is 0 Å². The zero-order valence-electron chi connectivity index (χ0n) is 14.8. The molecule has 1 aromatic heterocycles. The molecule has 134 valence electrons. The molecule has 3 rings (SSSR count). The monoisotopic (exact) mass is 334 g/mol. The first kappa shape index (κ1) is 17.6. The zero-order chi connectivity index (χ0) is 16.7. The van der Waals surface area contributed by atoms with Crippen LogP contribution in [0.25, 0.3) is 0 Å². The molecule has 2 heterocycles. The molecular weight excluding hydrogens is 304 g/mol. The van der Waals surface area contributed by atoms with Gasteiger partial charge in [-0.1, -0.05) is 19.3 Å². The van der Waals surface area contributed by atoms with Gasteiger partial charge in [-0.15, -0.1) is 0 Å². The van der Waals surface area contributed by atoms with Crippen molar-refractivity contribution in [3.63, 3.8) is 0 Å². The summed E-state index contributed by atoms with van der Waals surface area (Å²) >= 11 is 0. The predicted molar refractivity (Wildman–Crippen MR) is 94.0 cm³/mol. The van der Waals surface area contributed by atoms with E-state index in [0.29, 0.717) is 12.0 Å². The molecule has 24 heavy (non-hydrogen) atoms. The molecule has 0 amide bonds. The second-order valence-electron chi connectivity index (χ2n) is 7.13. The summed E-state index contributed by atoms with van der Waals surface area (Å²) in [6.45, 7) is 6.54. The first-order valence-corrected chi connectivity index (χ1v) is 9.14.